The lowest BCUT2D eigenvalue weighted by atomic mass is 10.1. The monoisotopic (exact) mass is 444 g/mol. The molecular formula is C20H32N2O7S. The van der Waals surface area contributed by atoms with Gasteiger partial charge in [-0.1, -0.05) is 13.8 Å². The lowest BCUT2D eigenvalue weighted by Crippen LogP contribution is -2.46. The summed E-state index contributed by atoms with van der Waals surface area (Å²) in [6.07, 6.45) is 1.00. The van der Waals surface area contributed by atoms with E-state index in [1.807, 2.05) is 6.92 Å². The molecule has 10 heteroatoms. The summed E-state index contributed by atoms with van der Waals surface area (Å²) in [5, 5.41) is 0. The third-order valence-corrected chi connectivity index (χ3v) is 5.86. The molecule has 0 bridgehead atoms. The highest BCUT2D eigenvalue weighted by Crippen LogP contribution is 2.29. The summed E-state index contributed by atoms with van der Waals surface area (Å²) in [5.74, 6) is -0.0725. The number of sulfonamides is 1. The lowest BCUT2D eigenvalue weighted by molar-refractivity contribution is -0.155. The first-order valence-electron chi connectivity index (χ1n) is 9.93. The van der Waals surface area contributed by atoms with Crippen LogP contribution in [0.1, 0.15) is 40.0 Å². The number of rotatable bonds is 13. The van der Waals surface area contributed by atoms with Gasteiger partial charge in [-0.25, -0.2) is 17.9 Å². The number of hydrogen-bond donors (Lipinski definition) is 1. The molecule has 0 saturated carbocycles. The Morgan fingerprint density at radius 2 is 1.77 bits per heavy atom. The van der Waals surface area contributed by atoms with Crippen LogP contribution in [0.2, 0.25) is 0 Å². The number of nitrogens with zero attached hydrogens (tertiary/aromatic N) is 1. The van der Waals surface area contributed by atoms with E-state index in [-0.39, 0.29) is 36.1 Å². The molecule has 1 aromatic rings. The number of methoxy groups -OCH3 is 2. The van der Waals surface area contributed by atoms with E-state index < -0.39 is 22.0 Å². The lowest BCUT2D eigenvalue weighted by Gasteiger charge is -2.29. The predicted octanol–water partition coefficient (Wildman–Crippen LogP) is 1.95. The van der Waals surface area contributed by atoms with Gasteiger partial charge in [0.2, 0.25) is 15.9 Å². The van der Waals surface area contributed by atoms with E-state index in [2.05, 4.69) is 4.72 Å². The Balaban J connectivity index is 2.83. The zero-order chi connectivity index (χ0) is 22.7. The van der Waals surface area contributed by atoms with Crippen LogP contribution in [-0.4, -0.2) is 65.2 Å². The molecule has 0 saturated heterocycles. The summed E-state index contributed by atoms with van der Waals surface area (Å²) in [7, 11) is -0.981. The largest absolute Gasteiger partial charge is 0.493 e. The highest BCUT2D eigenvalue weighted by Gasteiger charge is 2.29. The van der Waals surface area contributed by atoms with E-state index in [1.54, 1.807) is 13.8 Å². The van der Waals surface area contributed by atoms with Crippen LogP contribution in [0, 0.1) is 0 Å². The molecule has 0 aliphatic carbocycles. The van der Waals surface area contributed by atoms with E-state index in [4.69, 9.17) is 14.2 Å². The molecule has 1 rings (SSSR count). The fourth-order valence-corrected chi connectivity index (χ4v) is 4.00. The molecule has 1 amide bonds. The first kappa shape index (κ1) is 25.7. The molecule has 30 heavy (non-hydrogen) atoms. The summed E-state index contributed by atoms with van der Waals surface area (Å²) < 4.78 is 42.8. The van der Waals surface area contributed by atoms with Crippen LogP contribution < -0.4 is 14.2 Å². The highest BCUT2D eigenvalue weighted by molar-refractivity contribution is 7.89. The molecule has 0 heterocycles. The molecule has 170 valence electrons. The van der Waals surface area contributed by atoms with Gasteiger partial charge in [-0.05, 0) is 31.9 Å². The summed E-state index contributed by atoms with van der Waals surface area (Å²) >= 11 is 0. The number of hydrogen-bond acceptors (Lipinski definition) is 7. The van der Waals surface area contributed by atoms with Gasteiger partial charge in [0.05, 0.1) is 25.7 Å². The van der Waals surface area contributed by atoms with Crippen LogP contribution in [0.4, 0.5) is 0 Å². The minimum Gasteiger partial charge on any atom is -0.493 e. The Morgan fingerprint density at radius 1 is 1.10 bits per heavy atom. The predicted molar refractivity (Wildman–Crippen MR) is 112 cm³/mol. The van der Waals surface area contributed by atoms with Crippen molar-refractivity contribution in [3.8, 4) is 11.5 Å². The minimum atomic E-state index is -3.85. The highest BCUT2D eigenvalue weighted by atomic mass is 32.2. The van der Waals surface area contributed by atoms with Gasteiger partial charge in [-0.3, -0.25) is 4.79 Å². The molecule has 0 aliphatic rings. The molecule has 1 N–H and O–H groups in total. The van der Waals surface area contributed by atoms with Crippen molar-refractivity contribution in [2.24, 2.45) is 0 Å². The maximum Gasteiger partial charge on any atom is 0.328 e. The minimum absolute atomic E-state index is 0.00373. The Morgan fingerprint density at radius 3 is 2.30 bits per heavy atom. The number of carbonyl (C=O) groups is 2. The maximum atomic E-state index is 12.7. The first-order valence-corrected chi connectivity index (χ1v) is 11.4. The number of nitrogens with one attached hydrogen (secondary N) is 1. The van der Waals surface area contributed by atoms with Gasteiger partial charge in [-0.15, -0.1) is 0 Å². The number of benzene rings is 1. The van der Waals surface area contributed by atoms with Crippen molar-refractivity contribution < 1.29 is 32.2 Å². The molecular weight excluding hydrogens is 412 g/mol. The van der Waals surface area contributed by atoms with E-state index in [0.717, 1.165) is 0 Å². The number of esters is 1. The van der Waals surface area contributed by atoms with Crippen molar-refractivity contribution in [1.29, 1.82) is 0 Å². The Bertz CT molecular complexity index is 811. The Hall–Kier alpha value is -2.33. The third kappa shape index (κ3) is 6.88. The molecule has 0 aromatic heterocycles. The quantitative estimate of drug-likeness (QED) is 0.463. The second-order valence-corrected chi connectivity index (χ2v) is 8.19. The normalized spacial score (nSPS) is 12.2. The van der Waals surface area contributed by atoms with Crippen LogP contribution >= 0.6 is 0 Å². The van der Waals surface area contributed by atoms with Gasteiger partial charge >= 0.3 is 5.97 Å². The molecule has 0 radical (unpaired) electrons. The summed E-state index contributed by atoms with van der Waals surface area (Å²) in [6, 6.07) is 3.55. The van der Waals surface area contributed by atoms with Crippen LogP contribution in [0.25, 0.3) is 0 Å². The third-order valence-electron chi connectivity index (χ3n) is 4.40. The second-order valence-electron chi connectivity index (χ2n) is 6.43. The summed E-state index contributed by atoms with van der Waals surface area (Å²) in [4.78, 5) is 26.3. The van der Waals surface area contributed by atoms with Gasteiger partial charge < -0.3 is 19.1 Å². The molecule has 1 aromatic carbocycles. The Kier molecular flexibility index (Phi) is 10.6. The van der Waals surface area contributed by atoms with Crippen LogP contribution in [0.15, 0.2) is 23.1 Å². The van der Waals surface area contributed by atoms with Crippen LogP contribution in [0.5, 0.6) is 11.5 Å². The van der Waals surface area contributed by atoms with E-state index >= 15 is 0 Å². The van der Waals surface area contributed by atoms with Gasteiger partial charge in [0.1, 0.15) is 6.04 Å². The van der Waals surface area contributed by atoms with Crippen molar-refractivity contribution in [3.05, 3.63) is 18.2 Å². The number of ether oxygens (including phenoxy) is 3. The molecule has 1 atom stereocenters. The van der Waals surface area contributed by atoms with Crippen molar-refractivity contribution in [3.63, 3.8) is 0 Å². The van der Waals surface area contributed by atoms with Gasteiger partial charge in [0.25, 0.3) is 0 Å². The zero-order valence-electron chi connectivity index (χ0n) is 18.3. The van der Waals surface area contributed by atoms with E-state index in [1.165, 1.54) is 37.3 Å². The smallest absolute Gasteiger partial charge is 0.328 e. The maximum absolute atomic E-state index is 12.7. The van der Waals surface area contributed by atoms with Gasteiger partial charge in [0.15, 0.2) is 11.5 Å². The first-order chi connectivity index (χ1) is 14.2. The Labute approximate surface area is 178 Å². The van der Waals surface area contributed by atoms with E-state index in [9.17, 15) is 18.0 Å². The molecule has 9 nitrogen and oxygen atoms in total. The summed E-state index contributed by atoms with van der Waals surface area (Å²) in [5.41, 5.74) is 0. The molecule has 1 unspecified atom stereocenters. The van der Waals surface area contributed by atoms with Crippen LogP contribution in [0.3, 0.4) is 0 Å². The van der Waals surface area contributed by atoms with Crippen LogP contribution in [-0.2, 0) is 24.3 Å². The standard InChI is InChI=1S/C20H32N2O7S/c1-6-13-22(16(7-2)20(24)29-8-3)19(23)11-12-21-30(25,26)15-9-10-17(27-4)18(14-15)28-5/h9-10,14,16,21H,6-8,11-13H2,1-5H3. The number of amides is 1. The van der Waals surface area contributed by atoms with E-state index in [0.29, 0.717) is 25.1 Å². The fourth-order valence-electron chi connectivity index (χ4n) is 2.95. The van der Waals surface area contributed by atoms with Gasteiger partial charge in [-0.2, -0.15) is 0 Å². The average molecular weight is 445 g/mol. The topological polar surface area (TPSA) is 111 Å². The van der Waals surface area contributed by atoms with Crippen molar-refractivity contribution in [2.45, 2.75) is 51.0 Å². The molecule has 0 spiro atoms. The second kappa shape index (κ2) is 12.4. The van der Waals surface area contributed by atoms with Crippen molar-refractivity contribution in [1.82, 2.24) is 9.62 Å². The molecule has 0 aliphatic heterocycles. The number of carbonyl (C=O) groups excluding carboxylic acids is 2. The van der Waals surface area contributed by atoms with Crippen molar-refractivity contribution in [2.75, 3.05) is 33.9 Å². The SMILES string of the molecule is CCCN(C(=O)CCNS(=O)(=O)c1ccc(OC)c(OC)c1)C(CC)C(=O)OCC. The summed E-state index contributed by atoms with van der Waals surface area (Å²) in [6.45, 7) is 5.93. The fraction of sp³-hybridized carbons (Fsp3) is 0.600. The van der Waals surface area contributed by atoms with Gasteiger partial charge in [0, 0.05) is 25.6 Å². The van der Waals surface area contributed by atoms with Crippen molar-refractivity contribution >= 4 is 21.9 Å². The molecule has 0 fully saturated rings. The average Bonchev–Trinajstić information content (AvgIpc) is 2.73. The zero-order valence-corrected chi connectivity index (χ0v) is 19.1.